The number of amides is 1. The third kappa shape index (κ3) is 4.10. The molecule has 9 heteroatoms. The molecule has 4 aromatic heterocycles. The number of hydrogen-bond donors (Lipinski definition) is 1. The molecule has 7 nitrogen and oxygen atoms in total. The molecule has 1 unspecified atom stereocenters. The Labute approximate surface area is 206 Å². The van der Waals surface area contributed by atoms with Crippen LogP contribution >= 0.6 is 22.9 Å². The first-order chi connectivity index (χ1) is 16.4. The molecule has 4 heterocycles. The summed E-state index contributed by atoms with van der Waals surface area (Å²) in [5, 5.41) is 11.0. The summed E-state index contributed by atoms with van der Waals surface area (Å²) in [5.41, 5.74) is 2.84. The van der Waals surface area contributed by atoms with Gasteiger partial charge in [-0.15, -0.1) is 11.3 Å². The molecule has 1 aromatic carbocycles. The van der Waals surface area contributed by atoms with Crippen LogP contribution in [0.5, 0.6) is 0 Å². The largest absolute Gasteiger partial charge is 0.338 e. The van der Waals surface area contributed by atoms with Crippen LogP contribution in [-0.4, -0.2) is 30.2 Å². The molecule has 172 valence electrons. The van der Waals surface area contributed by atoms with Crippen LogP contribution in [-0.2, 0) is 7.05 Å². The van der Waals surface area contributed by atoms with E-state index in [1.54, 1.807) is 23.7 Å². The minimum Gasteiger partial charge on any atom is -0.338 e. The number of aryl methyl sites for hydroxylation is 1. The smallest absolute Gasteiger partial charge is 0.253 e. The molecular formula is C25H23ClN6OS. The first-order valence-electron chi connectivity index (χ1n) is 10.9. The molecule has 0 aliphatic rings. The van der Waals surface area contributed by atoms with E-state index >= 15 is 0 Å². The Balaban J connectivity index is 1.61. The molecular weight excluding hydrogens is 468 g/mol. The van der Waals surface area contributed by atoms with E-state index in [0.29, 0.717) is 21.6 Å². The standard InChI is InChI=1S/C25H23ClN6OS/c1-15(2)32-23-19(14-28-32)18(13-20(29-23)21-5-4-12-34-21)25(33)30-22(24-27-10-11-31(24)3)16-6-8-17(26)9-7-16/h4-15,22H,1-3H3,(H,30,33). The average Bonchev–Trinajstić information content (AvgIpc) is 3.58. The number of pyridine rings is 1. The molecule has 5 rings (SSSR count). The molecule has 0 spiro atoms. The Morgan fingerprint density at radius 1 is 1.18 bits per heavy atom. The van der Waals surface area contributed by atoms with E-state index in [0.717, 1.165) is 22.0 Å². The number of nitrogens with one attached hydrogen (secondary N) is 1. The lowest BCUT2D eigenvalue weighted by Gasteiger charge is -2.20. The van der Waals surface area contributed by atoms with Gasteiger partial charge in [-0.05, 0) is 49.1 Å². The second-order valence-electron chi connectivity index (χ2n) is 8.31. The van der Waals surface area contributed by atoms with Crippen molar-refractivity contribution in [2.75, 3.05) is 0 Å². The topological polar surface area (TPSA) is 77.6 Å². The first-order valence-corrected chi connectivity index (χ1v) is 12.1. The van der Waals surface area contributed by atoms with Crippen LogP contribution in [0.1, 0.15) is 47.7 Å². The van der Waals surface area contributed by atoms with E-state index in [2.05, 4.69) is 15.4 Å². The second-order valence-corrected chi connectivity index (χ2v) is 9.69. The summed E-state index contributed by atoms with van der Waals surface area (Å²) in [6, 6.07) is 12.9. The van der Waals surface area contributed by atoms with E-state index in [1.807, 2.05) is 84.2 Å². The summed E-state index contributed by atoms with van der Waals surface area (Å²) < 4.78 is 3.74. The Hall–Kier alpha value is -3.49. The van der Waals surface area contributed by atoms with Crippen molar-refractivity contribution in [2.24, 2.45) is 7.05 Å². The number of aromatic nitrogens is 5. The number of carbonyl (C=O) groups is 1. The number of fused-ring (bicyclic) bond motifs is 1. The third-order valence-electron chi connectivity index (χ3n) is 5.67. The Morgan fingerprint density at radius 2 is 1.97 bits per heavy atom. The lowest BCUT2D eigenvalue weighted by atomic mass is 10.0. The lowest BCUT2D eigenvalue weighted by Crippen LogP contribution is -2.31. The molecule has 0 aliphatic carbocycles. The van der Waals surface area contributed by atoms with Crippen molar-refractivity contribution in [2.45, 2.75) is 25.9 Å². The number of thiophene rings is 1. The highest BCUT2D eigenvalue weighted by atomic mass is 35.5. The van der Waals surface area contributed by atoms with Crippen LogP contribution in [0.15, 0.2) is 66.4 Å². The van der Waals surface area contributed by atoms with Gasteiger partial charge in [0, 0.05) is 30.5 Å². The predicted octanol–water partition coefficient (Wildman–Crippen LogP) is 5.65. The second kappa shape index (κ2) is 9.04. The number of hydrogen-bond acceptors (Lipinski definition) is 5. The normalized spacial score (nSPS) is 12.4. The monoisotopic (exact) mass is 490 g/mol. The van der Waals surface area contributed by atoms with Crippen LogP contribution in [0.25, 0.3) is 21.6 Å². The highest BCUT2D eigenvalue weighted by molar-refractivity contribution is 7.13. The fraction of sp³-hybridized carbons (Fsp3) is 0.200. The number of nitrogens with zero attached hydrogens (tertiary/aromatic N) is 5. The molecule has 0 radical (unpaired) electrons. The summed E-state index contributed by atoms with van der Waals surface area (Å²) in [7, 11) is 1.91. The molecule has 5 aromatic rings. The Kier molecular flexibility index (Phi) is 5.93. The number of halogens is 1. The van der Waals surface area contributed by atoms with Crippen LogP contribution in [0.2, 0.25) is 5.02 Å². The maximum absolute atomic E-state index is 13.8. The average molecular weight is 491 g/mol. The minimum absolute atomic E-state index is 0.105. The van der Waals surface area contributed by atoms with Gasteiger partial charge in [0.15, 0.2) is 5.65 Å². The van der Waals surface area contributed by atoms with Crippen molar-refractivity contribution in [3.8, 4) is 10.6 Å². The van der Waals surface area contributed by atoms with Gasteiger partial charge in [-0.1, -0.05) is 29.8 Å². The number of carbonyl (C=O) groups excluding carboxylic acids is 1. The van der Waals surface area contributed by atoms with Crippen molar-refractivity contribution in [1.82, 2.24) is 29.6 Å². The quantitative estimate of drug-likeness (QED) is 0.334. The van der Waals surface area contributed by atoms with Crippen molar-refractivity contribution >= 4 is 39.9 Å². The zero-order chi connectivity index (χ0) is 23.8. The summed E-state index contributed by atoms with van der Waals surface area (Å²) in [6.45, 7) is 4.09. The predicted molar refractivity (Wildman–Crippen MR) is 135 cm³/mol. The van der Waals surface area contributed by atoms with Gasteiger partial charge in [0.25, 0.3) is 5.91 Å². The zero-order valence-corrected chi connectivity index (χ0v) is 20.5. The molecule has 0 fully saturated rings. The minimum atomic E-state index is -0.460. The van der Waals surface area contributed by atoms with Gasteiger partial charge < -0.3 is 9.88 Å². The SMILES string of the molecule is CC(C)n1ncc2c(C(=O)NC(c3ccc(Cl)cc3)c3nccn3C)cc(-c3cccs3)nc21. The highest BCUT2D eigenvalue weighted by Gasteiger charge is 2.24. The van der Waals surface area contributed by atoms with E-state index in [4.69, 9.17) is 16.6 Å². The van der Waals surface area contributed by atoms with Crippen molar-refractivity contribution in [3.05, 3.63) is 88.4 Å². The third-order valence-corrected chi connectivity index (χ3v) is 6.81. The molecule has 0 saturated carbocycles. The lowest BCUT2D eigenvalue weighted by molar-refractivity contribution is 0.0943. The van der Waals surface area contributed by atoms with Crippen molar-refractivity contribution in [3.63, 3.8) is 0 Å². The summed E-state index contributed by atoms with van der Waals surface area (Å²) in [4.78, 5) is 24.1. The maximum Gasteiger partial charge on any atom is 0.253 e. The number of imidazole rings is 1. The number of benzene rings is 1. The zero-order valence-electron chi connectivity index (χ0n) is 18.9. The van der Waals surface area contributed by atoms with E-state index in [1.165, 1.54) is 0 Å². The molecule has 0 saturated heterocycles. The fourth-order valence-electron chi connectivity index (χ4n) is 3.95. The van der Waals surface area contributed by atoms with E-state index in [9.17, 15) is 4.79 Å². The van der Waals surface area contributed by atoms with Gasteiger partial charge in [0.05, 0.1) is 27.7 Å². The van der Waals surface area contributed by atoms with Gasteiger partial charge in [-0.3, -0.25) is 4.79 Å². The van der Waals surface area contributed by atoms with Gasteiger partial charge in [0.1, 0.15) is 11.9 Å². The highest BCUT2D eigenvalue weighted by Crippen LogP contribution is 2.30. The molecule has 1 N–H and O–H groups in total. The van der Waals surface area contributed by atoms with Gasteiger partial charge in [0.2, 0.25) is 0 Å². The Morgan fingerprint density at radius 3 is 2.62 bits per heavy atom. The number of rotatable bonds is 6. The fourth-order valence-corrected chi connectivity index (χ4v) is 4.76. The van der Waals surface area contributed by atoms with Gasteiger partial charge in [-0.25, -0.2) is 14.6 Å². The van der Waals surface area contributed by atoms with Crippen LogP contribution in [0.3, 0.4) is 0 Å². The molecule has 0 bridgehead atoms. The van der Waals surface area contributed by atoms with E-state index in [-0.39, 0.29) is 11.9 Å². The summed E-state index contributed by atoms with van der Waals surface area (Å²) >= 11 is 7.69. The van der Waals surface area contributed by atoms with Gasteiger partial charge in [-0.2, -0.15) is 5.10 Å². The molecule has 0 aliphatic heterocycles. The van der Waals surface area contributed by atoms with E-state index < -0.39 is 6.04 Å². The van der Waals surface area contributed by atoms with Crippen molar-refractivity contribution in [1.29, 1.82) is 0 Å². The molecule has 34 heavy (non-hydrogen) atoms. The molecule has 1 amide bonds. The van der Waals surface area contributed by atoms with Crippen molar-refractivity contribution < 1.29 is 4.79 Å². The van der Waals surface area contributed by atoms with Crippen LogP contribution in [0.4, 0.5) is 0 Å². The maximum atomic E-state index is 13.8. The Bertz CT molecular complexity index is 1450. The summed E-state index contributed by atoms with van der Waals surface area (Å²) in [5.74, 6) is 0.494. The van der Waals surface area contributed by atoms with Crippen LogP contribution in [0, 0.1) is 0 Å². The van der Waals surface area contributed by atoms with Gasteiger partial charge >= 0.3 is 0 Å². The van der Waals surface area contributed by atoms with Crippen LogP contribution < -0.4 is 5.32 Å². The first kappa shape index (κ1) is 22.3. The molecule has 1 atom stereocenters. The summed E-state index contributed by atoms with van der Waals surface area (Å²) in [6.07, 6.45) is 5.29.